The zero-order chi connectivity index (χ0) is 22.1. The molecule has 0 radical (unpaired) electrons. The summed E-state index contributed by atoms with van der Waals surface area (Å²) in [5.74, 6) is 1.77. The highest BCUT2D eigenvalue weighted by Gasteiger charge is 2.22. The molecule has 0 aromatic heterocycles. The fraction of sp³-hybridized carbons (Fsp3) is 0.720. The molecule has 0 amide bonds. The monoisotopic (exact) mass is 558 g/mol. The van der Waals surface area contributed by atoms with Crippen LogP contribution in [0, 0.1) is 5.92 Å². The van der Waals surface area contributed by atoms with Gasteiger partial charge in [-0.2, -0.15) is 0 Å². The number of ether oxygens (including phenoxy) is 2. The van der Waals surface area contributed by atoms with Crippen LogP contribution in [0.25, 0.3) is 0 Å². The van der Waals surface area contributed by atoms with Crippen LogP contribution in [0.5, 0.6) is 0 Å². The van der Waals surface area contributed by atoms with Crippen molar-refractivity contribution < 1.29 is 9.47 Å². The SMILES string of the molecule is CCNC(=NCc1ccccc1CN1CC(C)OC(C)C1)N(C)CCC1CCOCC1.I. The molecule has 2 aliphatic heterocycles. The van der Waals surface area contributed by atoms with Gasteiger partial charge < -0.3 is 19.7 Å². The van der Waals surface area contributed by atoms with Crippen molar-refractivity contribution in [1.82, 2.24) is 15.1 Å². The van der Waals surface area contributed by atoms with Crippen molar-refractivity contribution in [3.63, 3.8) is 0 Å². The highest BCUT2D eigenvalue weighted by molar-refractivity contribution is 14.0. The van der Waals surface area contributed by atoms with Crippen molar-refractivity contribution in [3.05, 3.63) is 35.4 Å². The molecular weight excluding hydrogens is 515 g/mol. The van der Waals surface area contributed by atoms with E-state index in [1.807, 2.05) is 0 Å². The predicted molar refractivity (Wildman–Crippen MR) is 143 cm³/mol. The summed E-state index contributed by atoms with van der Waals surface area (Å²) in [6, 6.07) is 8.73. The van der Waals surface area contributed by atoms with Gasteiger partial charge in [0.2, 0.25) is 0 Å². The molecule has 2 unspecified atom stereocenters. The first-order valence-electron chi connectivity index (χ1n) is 12.1. The summed E-state index contributed by atoms with van der Waals surface area (Å²) in [7, 11) is 2.16. The van der Waals surface area contributed by atoms with Gasteiger partial charge in [0.05, 0.1) is 18.8 Å². The highest BCUT2D eigenvalue weighted by atomic mass is 127. The van der Waals surface area contributed by atoms with Crippen LogP contribution in [0.1, 0.15) is 51.2 Å². The second-order valence-corrected chi connectivity index (χ2v) is 9.16. The van der Waals surface area contributed by atoms with Crippen molar-refractivity contribution in [2.75, 3.05) is 46.4 Å². The molecule has 182 valence electrons. The lowest BCUT2D eigenvalue weighted by Crippen LogP contribution is -2.44. The number of hydrogen-bond donors (Lipinski definition) is 1. The van der Waals surface area contributed by atoms with Crippen LogP contribution in [-0.4, -0.2) is 74.4 Å². The largest absolute Gasteiger partial charge is 0.381 e. The van der Waals surface area contributed by atoms with Crippen molar-refractivity contribution in [1.29, 1.82) is 0 Å². The minimum atomic E-state index is 0. The van der Waals surface area contributed by atoms with Crippen LogP contribution < -0.4 is 5.32 Å². The molecule has 2 atom stereocenters. The van der Waals surface area contributed by atoms with E-state index in [0.29, 0.717) is 18.8 Å². The van der Waals surface area contributed by atoms with Gasteiger partial charge >= 0.3 is 0 Å². The fourth-order valence-corrected chi connectivity index (χ4v) is 4.67. The van der Waals surface area contributed by atoms with Gasteiger partial charge in [-0.3, -0.25) is 4.90 Å². The number of rotatable bonds is 8. The maximum absolute atomic E-state index is 5.90. The normalized spacial score (nSPS) is 22.9. The minimum absolute atomic E-state index is 0. The first kappa shape index (κ1) is 27.3. The Morgan fingerprint density at radius 1 is 1.12 bits per heavy atom. The molecule has 6 nitrogen and oxygen atoms in total. The molecule has 3 rings (SSSR count). The highest BCUT2D eigenvalue weighted by Crippen LogP contribution is 2.19. The fourth-order valence-electron chi connectivity index (χ4n) is 4.67. The molecule has 1 aromatic rings. The van der Waals surface area contributed by atoms with E-state index in [9.17, 15) is 0 Å². The topological polar surface area (TPSA) is 49.3 Å². The maximum atomic E-state index is 5.90. The Labute approximate surface area is 212 Å². The van der Waals surface area contributed by atoms with Gasteiger partial charge in [0, 0.05) is 53.0 Å². The standard InChI is InChI=1S/C25H42N4O2.HI/c1-5-26-25(28(4)13-10-22-11-14-30-15-12-22)27-16-23-8-6-7-9-24(23)19-29-17-20(2)31-21(3)18-29;/h6-9,20-22H,5,10-19H2,1-4H3,(H,26,27);1H. The minimum Gasteiger partial charge on any atom is -0.381 e. The van der Waals surface area contributed by atoms with Gasteiger partial charge in [0.15, 0.2) is 5.96 Å². The molecule has 0 aliphatic carbocycles. The molecule has 2 aliphatic rings. The number of nitrogens with zero attached hydrogens (tertiary/aromatic N) is 3. The van der Waals surface area contributed by atoms with Gasteiger partial charge in [0.1, 0.15) is 0 Å². The summed E-state index contributed by atoms with van der Waals surface area (Å²) in [5.41, 5.74) is 2.68. The lowest BCUT2D eigenvalue weighted by Gasteiger charge is -2.35. The molecule has 7 heteroatoms. The van der Waals surface area contributed by atoms with Crippen molar-refractivity contribution in [2.24, 2.45) is 10.9 Å². The average Bonchev–Trinajstić information content (AvgIpc) is 2.76. The van der Waals surface area contributed by atoms with E-state index in [2.05, 4.69) is 67.2 Å². The molecule has 2 heterocycles. The number of hydrogen-bond acceptors (Lipinski definition) is 4. The number of halogens is 1. The van der Waals surface area contributed by atoms with Gasteiger partial charge in [-0.25, -0.2) is 4.99 Å². The summed E-state index contributed by atoms with van der Waals surface area (Å²) in [6.07, 6.45) is 4.16. The molecule has 0 bridgehead atoms. The Morgan fingerprint density at radius 3 is 2.44 bits per heavy atom. The van der Waals surface area contributed by atoms with Crippen molar-refractivity contribution in [2.45, 2.75) is 65.3 Å². The van der Waals surface area contributed by atoms with Crippen LogP contribution in [0.2, 0.25) is 0 Å². The molecule has 2 fully saturated rings. The van der Waals surface area contributed by atoms with Gasteiger partial charge in [-0.05, 0) is 57.1 Å². The zero-order valence-electron chi connectivity index (χ0n) is 20.4. The summed E-state index contributed by atoms with van der Waals surface area (Å²) in [5, 5.41) is 3.48. The smallest absolute Gasteiger partial charge is 0.193 e. The molecule has 2 saturated heterocycles. The summed E-state index contributed by atoms with van der Waals surface area (Å²) in [6.45, 7) is 13.8. The van der Waals surface area contributed by atoms with Gasteiger partial charge in [-0.1, -0.05) is 24.3 Å². The number of guanidine groups is 1. The second-order valence-electron chi connectivity index (χ2n) is 9.16. The second kappa shape index (κ2) is 14.4. The third kappa shape index (κ3) is 8.80. The summed E-state index contributed by atoms with van der Waals surface area (Å²) < 4.78 is 11.4. The lowest BCUT2D eigenvalue weighted by atomic mass is 9.96. The van der Waals surface area contributed by atoms with E-state index in [1.54, 1.807) is 0 Å². The van der Waals surface area contributed by atoms with Crippen LogP contribution in [0.3, 0.4) is 0 Å². The molecular formula is C25H43IN4O2. The number of nitrogens with one attached hydrogen (secondary N) is 1. The molecule has 1 aromatic carbocycles. The maximum Gasteiger partial charge on any atom is 0.193 e. The Hall–Kier alpha value is -0.900. The first-order chi connectivity index (χ1) is 15.0. The molecule has 0 saturated carbocycles. The first-order valence-corrected chi connectivity index (χ1v) is 12.1. The van der Waals surface area contributed by atoms with Crippen molar-refractivity contribution >= 4 is 29.9 Å². The van der Waals surface area contributed by atoms with Crippen molar-refractivity contribution in [3.8, 4) is 0 Å². The molecule has 1 N–H and O–H groups in total. The van der Waals surface area contributed by atoms with E-state index < -0.39 is 0 Å². The third-order valence-corrected chi connectivity index (χ3v) is 6.32. The lowest BCUT2D eigenvalue weighted by molar-refractivity contribution is -0.0705. The molecule has 0 spiro atoms. The van der Waals surface area contributed by atoms with Crippen LogP contribution in [0.4, 0.5) is 0 Å². The third-order valence-electron chi connectivity index (χ3n) is 6.32. The van der Waals surface area contributed by atoms with E-state index in [-0.39, 0.29) is 24.0 Å². The Bertz CT molecular complexity index is 686. The summed E-state index contributed by atoms with van der Waals surface area (Å²) >= 11 is 0. The summed E-state index contributed by atoms with van der Waals surface area (Å²) in [4.78, 5) is 9.79. The average molecular weight is 559 g/mol. The molecule has 32 heavy (non-hydrogen) atoms. The van der Waals surface area contributed by atoms with Crippen LogP contribution in [-0.2, 0) is 22.6 Å². The number of morpholine rings is 1. The predicted octanol–water partition coefficient (Wildman–Crippen LogP) is 4.13. The van der Waals surface area contributed by atoms with Crippen LogP contribution >= 0.6 is 24.0 Å². The Morgan fingerprint density at radius 2 is 1.78 bits per heavy atom. The van der Waals surface area contributed by atoms with Gasteiger partial charge in [-0.15, -0.1) is 24.0 Å². The quantitative estimate of drug-likeness (QED) is 0.296. The number of benzene rings is 1. The van der Waals surface area contributed by atoms with E-state index in [1.165, 1.54) is 30.4 Å². The Balaban J connectivity index is 0.00000363. The number of aliphatic imine (C=N–C) groups is 1. The Kier molecular flexibility index (Phi) is 12.3. The van der Waals surface area contributed by atoms with E-state index in [0.717, 1.165) is 57.8 Å². The zero-order valence-corrected chi connectivity index (χ0v) is 22.7. The van der Waals surface area contributed by atoms with E-state index >= 15 is 0 Å². The van der Waals surface area contributed by atoms with Crippen LogP contribution in [0.15, 0.2) is 29.3 Å². The van der Waals surface area contributed by atoms with Gasteiger partial charge in [0.25, 0.3) is 0 Å². The van der Waals surface area contributed by atoms with E-state index in [4.69, 9.17) is 14.5 Å².